The van der Waals surface area contributed by atoms with Crippen LogP contribution in [0.4, 0.5) is 0 Å². The summed E-state index contributed by atoms with van der Waals surface area (Å²) in [6.45, 7) is 3.13. The maximum atomic E-state index is 13.1. The Bertz CT molecular complexity index is 1060. The van der Waals surface area contributed by atoms with Gasteiger partial charge in [-0.05, 0) is 36.8 Å². The molecule has 2 atom stereocenters. The molecule has 0 spiro atoms. The molecule has 2 saturated heterocycles. The van der Waals surface area contributed by atoms with Gasteiger partial charge in [0.25, 0.3) is 5.91 Å². The topological polar surface area (TPSA) is 96.0 Å². The number of nitrogens with zero attached hydrogens (tertiary/aromatic N) is 2. The van der Waals surface area contributed by atoms with Gasteiger partial charge < -0.3 is 15.0 Å². The zero-order valence-corrected chi connectivity index (χ0v) is 18.0. The molecule has 0 radical (unpaired) electrons. The number of morpholine rings is 1. The van der Waals surface area contributed by atoms with Gasteiger partial charge in [-0.25, -0.2) is 8.42 Å². The first-order chi connectivity index (χ1) is 14.8. The first kappa shape index (κ1) is 21.5. The second-order valence-electron chi connectivity index (χ2n) is 7.77. The first-order valence-electron chi connectivity index (χ1n) is 10.2. The van der Waals surface area contributed by atoms with Crippen LogP contribution in [0.1, 0.15) is 28.9 Å². The van der Waals surface area contributed by atoms with Gasteiger partial charge in [0, 0.05) is 25.2 Å². The van der Waals surface area contributed by atoms with Crippen molar-refractivity contribution in [3.63, 3.8) is 0 Å². The van der Waals surface area contributed by atoms with Gasteiger partial charge in [0.15, 0.2) is 0 Å². The van der Waals surface area contributed by atoms with Crippen LogP contribution >= 0.6 is 0 Å². The van der Waals surface area contributed by atoms with Crippen LogP contribution in [-0.2, 0) is 19.6 Å². The zero-order valence-electron chi connectivity index (χ0n) is 17.2. The number of hydrogen-bond acceptors (Lipinski definition) is 5. The Hall–Kier alpha value is -2.75. The molecule has 4 rings (SSSR count). The quantitative estimate of drug-likeness (QED) is 0.771. The van der Waals surface area contributed by atoms with E-state index in [4.69, 9.17) is 4.74 Å². The highest BCUT2D eigenvalue weighted by atomic mass is 32.2. The molecule has 2 amide bonds. The van der Waals surface area contributed by atoms with Gasteiger partial charge in [-0.2, -0.15) is 4.31 Å². The average Bonchev–Trinajstić information content (AvgIpc) is 2.79. The molecule has 9 heteroatoms. The van der Waals surface area contributed by atoms with Crippen LogP contribution in [-0.4, -0.2) is 68.3 Å². The smallest absolute Gasteiger partial charge is 0.254 e. The summed E-state index contributed by atoms with van der Waals surface area (Å²) in [4.78, 5) is 26.4. The third-order valence-electron chi connectivity index (χ3n) is 5.46. The molecular weight excluding hydrogens is 418 g/mol. The average molecular weight is 444 g/mol. The minimum Gasteiger partial charge on any atom is -0.367 e. The van der Waals surface area contributed by atoms with Crippen molar-refractivity contribution < 1.29 is 22.7 Å². The van der Waals surface area contributed by atoms with Crippen molar-refractivity contribution in [2.75, 3.05) is 32.7 Å². The summed E-state index contributed by atoms with van der Waals surface area (Å²) in [7, 11) is -3.79. The summed E-state index contributed by atoms with van der Waals surface area (Å²) < 4.78 is 32.8. The molecule has 2 heterocycles. The van der Waals surface area contributed by atoms with Gasteiger partial charge in [0.1, 0.15) is 6.10 Å². The summed E-state index contributed by atoms with van der Waals surface area (Å²) in [6, 6.07) is 15.7. The number of hydrogen-bond donors (Lipinski definition) is 1. The molecule has 2 aromatic carbocycles. The maximum Gasteiger partial charge on any atom is 0.254 e. The van der Waals surface area contributed by atoms with Crippen molar-refractivity contribution in [2.24, 2.45) is 0 Å². The van der Waals surface area contributed by atoms with Crippen molar-refractivity contribution in [1.29, 1.82) is 0 Å². The third-order valence-corrected chi connectivity index (χ3v) is 7.32. The summed E-state index contributed by atoms with van der Waals surface area (Å²) in [5.41, 5.74) is 1.43. The van der Waals surface area contributed by atoms with Crippen molar-refractivity contribution in [2.45, 2.75) is 24.0 Å². The molecule has 0 saturated carbocycles. The lowest BCUT2D eigenvalue weighted by molar-refractivity contribution is -0.122. The van der Waals surface area contributed by atoms with E-state index in [9.17, 15) is 18.0 Å². The molecule has 0 aromatic heterocycles. The van der Waals surface area contributed by atoms with E-state index in [1.807, 2.05) is 37.3 Å². The van der Waals surface area contributed by atoms with Crippen molar-refractivity contribution in [3.05, 3.63) is 65.7 Å². The Kier molecular flexibility index (Phi) is 6.08. The molecule has 2 fully saturated rings. The molecule has 2 aliphatic heterocycles. The lowest BCUT2D eigenvalue weighted by Crippen LogP contribution is -2.49. The highest BCUT2D eigenvalue weighted by Crippen LogP contribution is 2.26. The predicted octanol–water partition coefficient (Wildman–Crippen LogP) is 1.41. The van der Waals surface area contributed by atoms with Crippen LogP contribution in [0.15, 0.2) is 59.5 Å². The number of nitrogens with one attached hydrogen (secondary N) is 1. The van der Waals surface area contributed by atoms with E-state index in [2.05, 4.69) is 5.32 Å². The molecule has 164 valence electrons. The Morgan fingerprint density at radius 3 is 2.45 bits per heavy atom. The van der Waals surface area contributed by atoms with E-state index in [1.165, 1.54) is 24.3 Å². The summed E-state index contributed by atoms with van der Waals surface area (Å²) >= 11 is 0. The van der Waals surface area contributed by atoms with Gasteiger partial charge in [-0.15, -0.1) is 0 Å². The number of ether oxygens (including phenoxy) is 1. The first-order valence-corrected chi connectivity index (χ1v) is 11.6. The van der Waals surface area contributed by atoms with Gasteiger partial charge in [-0.1, -0.05) is 30.3 Å². The van der Waals surface area contributed by atoms with Gasteiger partial charge in [0.05, 0.1) is 24.1 Å². The standard InChI is InChI=1S/C22H25N3O5S/c1-16-13-24(14-20(30-16)17-5-3-2-4-6-17)22(27)18-7-9-19(10-8-18)31(28,29)25-12-11-23-21(26)15-25/h2-10,16,20H,11-15H2,1H3,(H,23,26). The van der Waals surface area contributed by atoms with Crippen LogP contribution < -0.4 is 5.32 Å². The van der Waals surface area contributed by atoms with Crippen LogP contribution in [0, 0.1) is 0 Å². The van der Waals surface area contributed by atoms with E-state index in [-0.39, 0.29) is 48.6 Å². The predicted molar refractivity (Wildman–Crippen MR) is 114 cm³/mol. The molecule has 2 unspecified atom stereocenters. The zero-order chi connectivity index (χ0) is 22.0. The summed E-state index contributed by atoms with van der Waals surface area (Å²) in [6.07, 6.45) is -0.327. The lowest BCUT2D eigenvalue weighted by Gasteiger charge is -2.37. The number of carbonyl (C=O) groups is 2. The highest BCUT2D eigenvalue weighted by Gasteiger charge is 2.31. The minimum atomic E-state index is -3.79. The van der Waals surface area contributed by atoms with Crippen molar-refractivity contribution >= 4 is 21.8 Å². The molecule has 1 N–H and O–H groups in total. The van der Waals surface area contributed by atoms with Gasteiger partial charge in [0.2, 0.25) is 15.9 Å². The monoisotopic (exact) mass is 443 g/mol. The Morgan fingerprint density at radius 2 is 1.77 bits per heavy atom. The molecule has 0 aliphatic carbocycles. The second-order valence-corrected chi connectivity index (χ2v) is 9.71. The van der Waals surface area contributed by atoms with Gasteiger partial charge >= 0.3 is 0 Å². The van der Waals surface area contributed by atoms with Crippen LogP contribution in [0.25, 0.3) is 0 Å². The summed E-state index contributed by atoms with van der Waals surface area (Å²) in [5.74, 6) is -0.492. The van der Waals surface area contributed by atoms with Gasteiger partial charge in [-0.3, -0.25) is 9.59 Å². The minimum absolute atomic E-state index is 0.0660. The molecular formula is C22H25N3O5S. The molecule has 8 nitrogen and oxygen atoms in total. The number of amides is 2. The SMILES string of the molecule is CC1CN(C(=O)c2ccc(S(=O)(=O)N3CCNC(=O)C3)cc2)CC(c2ccccc2)O1. The largest absolute Gasteiger partial charge is 0.367 e. The van der Waals surface area contributed by atoms with Crippen LogP contribution in [0.5, 0.6) is 0 Å². The fourth-order valence-corrected chi connectivity index (χ4v) is 5.29. The van der Waals surface area contributed by atoms with E-state index in [1.54, 1.807) is 4.90 Å². The number of carbonyl (C=O) groups excluding carboxylic acids is 2. The number of benzene rings is 2. The van der Waals surface area contributed by atoms with Crippen LogP contribution in [0.2, 0.25) is 0 Å². The Labute approximate surface area is 181 Å². The van der Waals surface area contributed by atoms with E-state index < -0.39 is 10.0 Å². The fraction of sp³-hybridized carbons (Fsp3) is 0.364. The number of piperazine rings is 1. The maximum absolute atomic E-state index is 13.1. The number of rotatable bonds is 4. The van der Waals surface area contributed by atoms with E-state index in [0.717, 1.165) is 9.87 Å². The molecule has 2 aromatic rings. The molecule has 31 heavy (non-hydrogen) atoms. The Balaban J connectivity index is 1.49. The normalized spacial score (nSPS) is 22.7. The van der Waals surface area contributed by atoms with Crippen molar-refractivity contribution in [3.8, 4) is 0 Å². The summed E-state index contributed by atoms with van der Waals surface area (Å²) in [5, 5.41) is 2.61. The highest BCUT2D eigenvalue weighted by molar-refractivity contribution is 7.89. The van der Waals surface area contributed by atoms with Crippen LogP contribution in [0.3, 0.4) is 0 Å². The lowest BCUT2D eigenvalue weighted by atomic mass is 10.1. The van der Waals surface area contributed by atoms with E-state index in [0.29, 0.717) is 18.7 Å². The van der Waals surface area contributed by atoms with Crippen molar-refractivity contribution in [1.82, 2.24) is 14.5 Å². The fourth-order valence-electron chi connectivity index (χ4n) is 3.89. The Morgan fingerprint density at radius 1 is 1.06 bits per heavy atom. The van der Waals surface area contributed by atoms with E-state index >= 15 is 0 Å². The second kappa shape index (κ2) is 8.78. The molecule has 2 aliphatic rings. The number of sulfonamides is 1. The molecule has 0 bridgehead atoms. The third kappa shape index (κ3) is 4.63.